The Hall–Kier alpha value is -1.55. The van der Waals surface area contributed by atoms with E-state index in [4.69, 9.17) is 0 Å². The highest BCUT2D eigenvalue weighted by molar-refractivity contribution is 7.99. The van der Waals surface area contributed by atoms with Crippen molar-refractivity contribution < 1.29 is 0 Å². The van der Waals surface area contributed by atoms with Gasteiger partial charge in [-0.2, -0.15) is 0 Å². The minimum Gasteiger partial charge on any atom is -0.301 e. The standard InChI is InChI=1S/C13H14N2OS/c16-12-8-9-14-13(15-12)17-10-4-7-11-5-2-1-3-6-11/h1-3,5-6,8-9H,4,7,10H2,(H,14,15,16). The van der Waals surface area contributed by atoms with Crippen molar-refractivity contribution >= 4 is 11.8 Å². The zero-order chi connectivity index (χ0) is 11.9. The second-order valence-corrected chi connectivity index (χ2v) is 4.76. The summed E-state index contributed by atoms with van der Waals surface area (Å²) in [5, 5.41) is 0.700. The van der Waals surface area contributed by atoms with Gasteiger partial charge in [-0.3, -0.25) is 4.79 Å². The SMILES string of the molecule is O=c1ccnc(SCCCc2ccccc2)[nH]1. The highest BCUT2D eigenvalue weighted by atomic mass is 32.2. The largest absolute Gasteiger partial charge is 0.301 e. The van der Waals surface area contributed by atoms with E-state index in [0.717, 1.165) is 18.6 Å². The van der Waals surface area contributed by atoms with Crippen molar-refractivity contribution in [1.29, 1.82) is 0 Å². The number of benzene rings is 1. The topological polar surface area (TPSA) is 45.8 Å². The summed E-state index contributed by atoms with van der Waals surface area (Å²) in [5.74, 6) is 0.960. The average molecular weight is 246 g/mol. The molecule has 0 amide bonds. The molecule has 0 radical (unpaired) electrons. The van der Waals surface area contributed by atoms with Crippen molar-refractivity contribution in [3.63, 3.8) is 0 Å². The summed E-state index contributed by atoms with van der Waals surface area (Å²) in [7, 11) is 0. The maximum Gasteiger partial charge on any atom is 0.251 e. The molecule has 0 atom stereocenters. The third-order valence-electron chi connectivity index (χ3n) is 2.34. The molecule has 2 rings (SSSR count). The van der Waals surface area contributed by atoms with E-state index in [-0.39, 0.29) is 5.56 Å². The van der Waals surface area contributed by atoms with Crippen molar-refractivity contribution in [2.45, 2.75) is 18.0 Å². The van der Waals surface area contributed by atoms with Gasteiger partial charge < -0.3 is 4.98 Å². The molecule has 2 aromatic rings. The second kappa shape index (κ2) is 6.25. The molecule has 1 aromatic carbocycles. The zero-order valence-corrected chi connectivity index (χ0v) is 10.2. The molecule has 4 heteroatoms. The fourth-order valence-corrected chi connectivity index (χ4v) is 2.31. The third-order valence-corrected chi connectivity index (χ3v) is 3.31. The number of hydrogen-bond donors (Lipinski definition) is 1. The van der Waals surface area contributed by atoms with E-state index in [9.17, 15) is 4.79 Å². The Balaban J connectivity index is 1.75. The van der Waals surface area contributed by atoms with Crippen molar-refractivity contribution in [3.05, 3.63) is 58.5 Å². The summed E-state index contributed by atoms with van der Waals surface area (Å²) < 4.78 is 0. The Morgan fingerprint density at radius 2 is 2.00 bits per heavy atom. The molecule has 0 aliphatic rings. The van der Waals surface area contributed by atoms with E-state index in [1.54, 1.807) is 18.0 Å². The molecular formula is C13H14N2OS. The first-order valence-electron chi connectivity index (χ1n) is 5.56. The molecule has 0 unspecified atom stereocenters. The van der Waals surface area contributed by atoms with Crippen LogP contribution in [0.5, 0.6) is 0 Å². The van der Waals surface area contributed by atoms with Gasteiger partial charge in [0.15, 0.2) is 5.16 Å². The van der Waals surface area contributed by atoms with Gasteiger partial charge >= 0.3 is 0 Å². The maximum absolute atomic E-state index is 11.0. The molecule has 1 heterocycles. The quantitative estimate of drug-likeness (QED) is 0.501. The molecule has 1 N–H and O–H groups in total. The second-order valence-electron chi connectivity index (χ2n) is 3.68. The number of H-pyrrole nitrogens is 1. The van der Waals surface area contributed by atoms with Gasteiger partial charge in [0.25, 0.3) is 5.56 Å². The van der Waals surface area contributed by atoms with Gasteiger partial charge in [-0.1, -0.05) is 42.1 Å². The summed E-state index contributed by atoms with van der Waals surface area (Å²) >= 11 is 1.59. The van der Waals surface area contributed by atoms with Gasteiger partial charge in [-0.25, -0.2) is 4.98 Å². The number of aromatic nitrogens is 2. The summed E-state index contributed by atoms with van der Waals surface area (Å²) in [5.41, 5.74) is 1.26. The number of nitrogens with one attached hydrogen (secondary N) is 1. The van der Waals surface area contributed by atoms with Gasteiger partial charge in [0.2, 0.25) is 0 Å². The summed E-state index contributed by atoms with van der Waals surface area (Å²) in [6.45, 7) is 0. The Labute approximate surface area is 104 Å². The predicted octanol–water partition coefficient (Wildman–Crippen LogP) is 2.49. The van der Waals surface area contributed by atoms with Crippen LogP contribution in [0, 0.1) is 0 Å². The van der Waals surface area contributed by atoms with Gasteiger partial charge in [-0.05, 0) is 18.4 Å². The maximum atomic E-state index is 11.0. The average Bonchev–Trinajstić information content (AvgIpc) is 2.36. The molecule has 1 aromatic heterocycles. The van der Waals surface area contributed by atoms with Crippen LogP contribution in [0.4, 0.5) is 0 Å². The minimum atomic E-state index is -0.0921. The summed E-state index contributed by atoms with van der Waals surface area (Å²) in [4.78, 5) is 17.8. The van der Waals surface area contributed by atoms with Gasteiger partial charge in [0, 0.05) is 18.0 Å². The molecule has 3 nitrogen and oxygen atoms in total. The van der Waals surface area contributed by atoms with E-state index in [1.807, 2.05) is 6.07 Å². The van der Waals surface area contributed by atoms with Gasteiger partial charge in [-0.15, -0.1) is 0 Å². The van der Waals surface area contributed by atoms with Crippen LogP contribution in [-0.2, 0) is 6.42 Å². The van der Waals surface area contributed by atoms with Crippen LogP contribution in [0.1, 0.15) is 12.0 Å². The minimum absolute atomic E-state index is 0.0921. The van der Waals surface area contributed by atoms with Gasteiger partial charge in [0.1, 0.15) is 0 Å². The predicted molar refractivity (Wildman–Crippen MR) is 70.3 cm³/mol. The Bertz CT molecular complexity index is 510. The molecule has 0 bridgehead atoms. The number of thioether (sulfide) groups is 1. The fourth-order valence-electron chi connectivity index (χ4n) is 1.52. The van der Waals surface area contributed by atoms with Crippen LogP contribution in [-0.4, -0.2) is 15.7 Å². The number of nitrogens with zero attached hydrogens (tertiary/aromatic N) is 1. The molecule has 0 saturated heterocycles. The van der Waals surface area contributed by atoms with E-state index in [0.29, 0.717) is 5.16 Å². The van der Waals surface area contributed by atoms with Crippen molar-refractivity contribution in [3.8, 4) is 0 Å². The molecule has 0 aliphatic heterocycles. The lowest BCUT2D eigenvalue weighted by molar-refractivity contribution is 0.908. The summed E-state index contributed by atoms with van der Waals surface area (Å²) in [6, 6.07) is 11.8. The van der Waals surface area contributed by atoms with Crippen molar-refractivity contribution in [2.24, 2.45) is 0 Å². The Morgan fingerprint density at radius 1 is 1.18 bits per heavy atom. The van der Waals surface area contributed by atoms with E-state index < -0.39 is 0 Å². The third kappa shape index (κ3) is 4.07. The van der Waals surface area contributed by atoms with E-state index in [1.165, 1.54) is 11.6 Å². The lowest BCUT2D eigenvalue weighted by Gasteiger charge is -2.01. The monoisotopic (exact) mass is 246 g/mol. The van der Waals surface area contributed by atoms with Crippen molar-refractivity contribution in [1.82, 2.24) is 9.97 Å². The molecular weight excluding hydrogens is 232 g/mol. The van der Waals surface area contributed by atoms with Crippen LogP contribution in [0.2, 0.25) is 0 Å². The van der Waals surface area contributed by atoms with Crippen LogP contribution < -0.4 is 5.56 Å². The van der Waals surface area contributed by atoms with E-state index in [2.05, 4.69) is 34.2 Å². The first-order valence-corrected chi connectivity index (χ1v) is 6.55. The fraction of sp³-hybridized carbons (Fsp3) is 0.231. The molecule has 0 fully saturated rings. The van der Waals surface area contributed by atoms with E-state index >= 15 is 0 Å². The first-order chi connectivity index (χ1) is 8.34. The smallest absolute Gasteiger partial charge is 0.251 e. The normalized spacial score (nSPS) is 10.4. The molecule has 0 saturated carbocycles. The Kier molecular flexibility index (Phi) is 4.38. The molecule has 0 spiro atoms. The number of rotatable bonds is 5. The molecule has 0 aliphatic carbocycles. The van der Waals surface area contributed by atoms with Crippen LogP contribution in [0.25, 0.3) is 0 Å². The van der Waals surface area contributed by atoms with Crippen LogP contribution >= 0.6 is 11.8 Å². The Morgan fingerprint density at radius 3 is 2.76 bits per heavy atom. The summed E-state index contributed by atoms with van der Waals surface area (Å²) in [6.07, 6.45) is 3.68. The van der Waals surface area contributed by atoms with Crippen LogP contribution in [0.15, 0.2) is 52.5 Å². The number of aromatic amines is 1. The molecule has 88 valence electrons. The highest BCUT2D eigenvalue weighted by Crippen LogP contribution is 2.13. The number of hydrogen-bond acceptors (Lipinski definition) is 3. The first kappa shape index (κ1) is 11.9. The van der Waals surface area contributed by atoms with Gasteiger partial charge in [0.05, 0.1) is 0 Å². The zero-order valence-electron chi connectivity index (χ0n) is 9.43. The highest BCUT2D eigenvalue weighted by Gasteiger charge is 1.97. The number of aryl methyl sites for hydroxylation is 1. The van der Waals surface area contributed by atoms with Crippen LogP contribution in [0.3, 0.4) is 0 Å². The van der Waals surface area contributed by atoms with Crippen molar-refractivity contribution in [2.75, 3.05) is 5.75 Å². The lowest BCUT2D eigenvalue weighted by atomic mass is 10.1. The lowest BCUT2D eigenvalue weighted by Crippen LogP contribution is -2.05. The molecule has 17 heavy (non-hydrogen) atoms.